The number of imidazole rings is 1. The van der Waals surface area contributed by atoms with E-state index in [0.29, 0.717) is 5.92 Å². The predicted octanol–water partition coefficient (Wildman–Crippen LogP) is 2.34. The van der Waals surface area contributed by atoms with Gasteiger partial charge in [-0.3, -0.25) is 0 Å². The van der Waals surface area contributed by atoms with Crippen molar-refractivity contribution in [2.45, 2.75) is 38.3 Å². The average Bonchev–Trinajstić information content (AvgIpc) is 3.10. The van der Waals surface area contributed by atoms with Gasteiger partial charge >= 0.3 is 0 Å². The molecule has 0 bridgehead atoms. The van der Waals surface area contributed by atoms with E-state index < -0.39 is 0 Å². The van der Waals surface area contributed by atoms with Crippen molar-refractivity contribution >= 4 is 16.7 Å². The summed E-state index contributed by atoms with van der Waals surface area (Å²) in [7, 11) is 1.99. The van der Waals surface area contributed by atoms with Crippen molar-refractivity contribution in [1.29, 1.82) is 0 Å². The summed E-state index contributed by atoms with van der Waals surface area (Å²) in [4.78, 5) is 8.91. The van der Waals surface area contributed by atoms with Gasteiger partial charge in [-0.25, -0.2) is 9.97 Å². The van der Waals surface area contributed by atoms with Crippen LogP contribution in [0.25, 0.3) is 0 Å². The molecule has 7 heteroatoms. The van der Waals surface area contributed by atoms with Gasteiger partial charge in [0, 0.05) is 43.5 Å². The van der Waals surface area contributed by atoms with Crippen LogP contribution < -0.4 is 5.32 Å². The van der Waals surface area contributed by atoms with Crippen LogP contribution >= 0.6 is 11.5 Å². The Morgan fingerprint density at radius 2 is 2.35 bits per heavy atom. The maximum absolute atomic E-state index is 5.83. The smallest absolute Gasteiger partial charge is 0.202 e. The largest absolute Gasteiger partial charge is 0.368 e. The molecule has 6 nitrogen and oxygen atoms in total. The number of nitrogens with one attached hydrogen (secondary N) is 1. The lowest BCUT2D eigenvalue weighted by Crippen LogP contribution is -2.25. The Morgan fingerprint density at radius 1 is 1.50 bits per heavy atom. The monoisotopic (exact) mass is 293 g/mol. The third kappa shape index (κ3) is 2.55. The summed E-state index contributed by atoms with van der Waals surface area (Å²) in [6.45, 7) is 4.94. The van der Waals surface area contributed by atoms with Gasteiger partial charge in [-0.15, -0.1) is 0 Å². The first-order valence-corrected chi connectivity index (χ1v) is 7.61. The number of ether oxygens (including phenoxy) is 1. The molecule has 0 radical (unpaired) electrons. The minimum absolute atomic E-state index is 0.0265. The summed E-state index contributed by atoms with van der Waals surface area (Å²) < 4.78 is 12.2. The van der Waals surface area contributed by atoms with Crippen LogP contribution in [-0.4, -0.2) is 31.6 Å². The first-order chi connectivity index (χ1) is 9.65. The Morgan fingerprint density at radius 3 is 3.00 bits per heavy atom. The number of hydrogen-bond donors (Lipinski definition) is 1. The van der Waals surface area contributed by atoms with E-state index in [4.69, 9.17) is 4.74 Å². The van der Waals surface area contributed by atoms with Gasteiger partial charge in [0.25, 0.3) is 0 Å². The van der Waals surface area contributed by atoms with Crippen LogP contribution in [-0.2, 0) is 11.8 Å². The standard InChI is InChI=1S/C13H19N5OS/c1-8(2)11-16-13(20-17-11)15-9-4-7-19-10(9)12-14-5-6-18(12)3/h5-6,8-10H,4,7H2,1-3H3,(H,15,16,17)/t9-,10-/m0/s1. The van der Waals surface area contributed by atoms with E-state index in [9.17, 15) is 0 Å². The molecule has 3 rings (SSSR count). The second kappa shape index (κ2) is 5.49. The molecule has 2 aromatic rings. The molecule has 2 aromatic heterocycles. The lowest BCUT2D eigenvalue weighted by Gasteiger charge is -2.18. The van der Waals surface area contributed by atoms with Crippen LogP contribution in [0.5, 0.6) is 0 Å². The first-order valence-electron chi connectivity index (χ1n) is 6.84. The summed E-state index contributed by atoms with van der Waals surface area (Å²) in [6, 6.07) is 0.198. The Hall–Kier alpha value is -1.47. The second-order valence-corrected chi connectivity index (χ2v) is 6.09. The van der Waals surface area contributed by atoms with Crippen molar-refractivity contribution in [2.24, 2.45) is 7.05 Å². The molecule has 2 atom stereocenters. The zero-order chi connectivity index (χ0) is 14.1. The van der Waals surface area contributed by atoms with Crippen LogP contribution in [0.3, 0.4) is 0 Å². The highest BCUT2D eigenvalue weighted by Crippen LogP contribution is 2.31. The molecule has 0 saturated carbocycles. The van der Waals surface area contributed by atoms with E-state index in [2.05, 4.69) is 33.5 Å². The molecule has 1 saturated heterocycles. The Bertz CT molecular complexity index is 579. The summed E-state index contributed by atoms with van der Waals surface area (Å²) in [5.74, 6) is 2.20. The van der Waals surface area contributed by atoms with E-state index >= 15 is 0 Å². The third-order valence-electron chi connectivity index (χ3n) is 3.47. The molecule has 0 aliphatic carbocycles. The molecule has 0 aromatic carbocycles. The van der Waals surface area contributed by atoms with Crippen molar-refractivity contribution in [2.75, 3.05) is 11.9 Å². The van der Waals surface area contributed by atoms with Gasteiger partial charge in [0.2, 0.25) is 5.13 Å². The quantitative estimate of drug-likeness (QED) is 0.937. The minimum atomic E-state index is -0.0265. The highest BCUT2D eigenvalue weighted by Gasteiger charge is 2.33. The van der Waals surface area contributed by atoms with Gasteiger partial charge in [-0.05, 0) is 6.42 Å². The summed E-state index contributed by atoms with van der Waals surface area (Å²) in [5, 5.41) is 4.31. The number of aryl methyl sites for hydroxylation is 1. The second-order valence-electron chi connectivity index (χ2n) is 5.34. The molecule has 1 aliphatic heterocycles. The maximum Gasteiger partial charge on any atom is 0.202 e. The van der Waals surface area contributed by atoms with E-state index in [0.717, 1.165) is 29.8 Å². The molecule has 0 spiro atoms. The Kier molecular flexibility index (Phi) is 3.71. The van der Waals surface area contributed by atoms with E-state index in [1.54, 1.807) is 6.20 Å². The fraction of sp³-hybridized carbons (Fsp3) is 0.615. The Balaban J connectivity index is 1.74. The van der Waals surface area contributed by atoms with Gasteiger partial charge in [-0.2, -0.15) is 4.37 Å². The molecule has 0 amide bonds. The molecule has 108 valence electrons. The number of rotatable bonds is 4. The average molecular weight is 293 g/mol. The van der Waals surface area contributed by atoms with E-state index in [1.807, 2.05) is 17.8 Å². The SMILES string of the molecule is CC(C)c1nsc(N[C@H]2CCO[C@@H]2c2nccn2C)n1. The van der Waals surface area contributed by atoms with Gasteiger partial charge in [0.1, 0.15) is 17.8 Å². The summed E-state index contributed by atoms with van der Waals surface area (Å²) >= 11 is 1.41. The van der Waals surface area contributed by atoms with Gasteiger partial charge in [0.05, 0.1) is 6.04 Å². The fourth-order valence-corrected chi connectivity index (χ4v) is 3.10. The van der Waals surface area contributed by atoms with Crippen molar-refractivity contribution in [3.8, 4) is 0 Å². The van der Waals surface area contributed by atoms with Gasteiger partial charge in [0.15, 0.2) is 0 Å². The van der Waals surface area contributed by atoms with Gasteiger partial charge in [-0.1, -0.05) is 13.8 Å². The molecule has 1 fully saturated rings. The predicted molar refractivity (Wildman–Crippen MR) is 77.9 cm³/mol. The molecule has 20 heavy (non-hydrogen) atoms. The molecule has 0 unspecified atom stereocenters. The van der Waals surface area contributed by atoms with Crippen LogP contribution in [0.2, 0.25) is 0 Å². The summed E-state index contributed by atoms with van der Waals surface area (Å²) in [5.41, 5.74) is 0. The zero-order valence-electron chi connectivity index (χ0n) is 11.9. The highest BCUT2D eigenvalue weighted by atomic mass is 32.1. The van der Waals surface area contributed by atoms with Crippen LogP contribution in [0.4, 0.5) is 5.13 Å². The number of anilines is 1. The zero-order valence-corrected chi connectivity index (χ0v) is 12.7. The molecule has 3 heterocycles. The summed E-state index contributed by atoms with van der Waals surface area (Å²) in [6.07, 6.45) is 4.67. The third-order valence-corrected chi connectivity index (χ3v) is 4.13. The highest BCUT2D eigenvalue weighted by molar-refractivity contribution is 7.09. The first kappa shape index (κ1) is 13.5. The van der Waals surface area contributed by atoms with E-state index in [-0.39, 0.29) is 12.1 Å². The normalized spacial score (nSPS) is 22.6. The van der Waals surface area contributed by atoms with Crippen LogP contribution in [0.15, 0.2) is 12.4 Å². The van der Waals surface area contributed by atoms with E-state index in [1.165, 1.54) is 11.5 Å². The topological polar surface area (TPSA) is 64.9 Å². The molecule has 1 N–H and O–H groups in total. The van der Waals surface area contributed by atoms with Crippen molar-refractivity contribution in [1.82, 2.24) is 18.9 Å². The van der Waals surface area contributed by atoms with Gasteiger partial charge < -0.3 is 14.6 Å². The lowest BCUT2D eigenvalue weighted by atomic mass is 10.1. The minimum Gasteiger partial charge on any atom is -0.368 e. The van der Waals surface area contributed by atoms with Crippen molar-refractivity contribution < 1.29 is 4.74 Å². The fourth-order valence-electron chi connectivity index (χ4n) is 2.33. The number of aromatic nitrogens is 4. The van der Waals surface area contributed by atoms with Crippen molar-refractivity contribution in [3.63, 3.8) is 0 Å². The van der Waals surface area contributed by atoms with Crippen LogP contribution in [0, 0.1) is 0 Å². The maximum atomic E-state index is 5.83. The number of hydrogen-bond acceptors (Lipinski definition) is 6. The molecular weight excluding hydrogens is 274 g/mol. The lowest BCUT2D eigenvalue weighted by molar-refractivity contribution is 0.0983. The Labute approximate surface area is 122 Å². The van der Waals surface area contributed by atoms with Crippen LogP contribution in [0.1, 0.15) is 43.9 Å². The molecular formula is C13H19N5OS. The molecule has 1 aliphatic rings. The van der Waals surface area contributed by atoms with Crippen molar-refractivity contribution in [3.05, 3.63) is 24.0 Å². The number of nitrogens with zero attached hydrogens (tertiary/aromatic N) is 4.